The van der Waals surface area contributed by atoms with Crippen molar-refractivity contribution >= 4 is 5.91 Å². The molecule has 1 unspecified atom stereocenters. The molecule has 3 N–H and O–H groups in total. The van der Waals surface area contributed by atoms with Crippen molar-refractivity contribution in [2.75, 3.05) is 13.2 Å². The van der Waals surface area contributed by atoms with E-state index in [0.717, 1.165) is 38.7 Å². The second-order valence-corrected chi connectivity index (χ2v) is 4.89. The van der Waals surface area contributed by atoms with Crippen molar-refractivity contribution < 1.29 is 9.53 Å². The average molecular weight is 242 g/mol. The molecule has 1 aliphatic rings. The van der Waals surface area contributed by atoms with Crippen LogP contribution in [0.2, 0.25) is 0 Å². The maximum atomic E-state index is 11.7. The molecule has 0 radical (unpaired) electrons. The number of nitrogens with two attached hydrogens (primary N) is 1. The summed E-state index contributed by atoms with van der Waals surface area (Å²) in [5.41, 5.74) is 5.37. The first-order valence-electron chi connectivity index (χ1n) is 6.79. The van der Waals surface area contributed by atoms with Gasteiger partial charge in [0.2, 0.25) is 5.91 Å². The van der Waals surface area contributed by atoms with Crippen LogP contribution in [0.4, 0.5) is 0 Å². The van der Waals surface area contributed by atoms with E-state index in [4.69, 9.17) is 10.5 Å². The maximum absolute atomic E-state index is 11.7. The Morgan fingerprint density at radius 3 is 2.76 bits per heavy atom. The molecule has 0 bridgehead atoms. The predicted octanol–water partition coefficient (Wildman–Crippen LogP) is 1.58. The minimum Gasteiger partial charge on any atom is -0.375 e. The van der Waals surface area contributed by atoms with E-state index in [1.165, 1.54) is 0 Å². The molecule has 17 heavy (non-hydrogen) atoms. The molecule has 1 aliphatic heterocycles. The Morgan fingerprint density at radius 1 is 1.47 bits per heavy atom. The van der Waals surface area contributed by atoms with Crippen LogP contribution in [0.1, 0.15) is 52.4 Å². The van der Waals surface area contributed by atoms with Crippen LogP contribution in [0.15, 0.2) is 0 Å². The van der Waals surface area contributed by atoms with E-state index >= 15 is 0 Å². The Morgan fingerprint density at radius 2 is 2.18 bits per heavy atom. The third-order valence-electron chi connectivity index (χ3n) is 3.75. The molecule has 0 aromatic heterocycles. The summed E-state index contributed by atoms with van der Waals surface area (Å²) in [5.74, 6) is 0.128. The van der Waals surface area contributed by atoms with Gasteiger partial charge in [0.15, 0.2) is 0 Å². The monoisotopic (exact) mass is 242 g/mol. The number of hydrogen-bond donors (Lipinski definition) is 2. The van der Waals surface area contributed by atoms with Crippen LogP contribution in [0.3, 0.4) is 0 Å². The Balaban J connectivity index is 2.41. The average Bonchev–Trinajstić information content (AvgIpc) is 2.36. The van der Waals surface area contributed by atoms with Gasteiger partial charge < -0.3 is 15.8 Å². The Kier molecular flexibility index (Phi) is 5.92. The second kappa shape index (κ2) is 6.97. The van der Waals surface area contributed by atoms with Crippen molar-refractivity contribution in [3.05, 3.63) is 0 Å². The quantitative estimate of drug-likeness (QED) is 0.743. The van der Waals surface area contributed by atoms with E-state index in [1.807, 2.05) is 0 Å². The molecule has 1 amide bonds. The molecule has 1 fully saturated rings. The van der Waals surface area contributed by atoms with Gasteiger partial charge in [0.25, 0.3) is 0 Å². The number of carbonyl (C=O) groups is 1. The molecule has 1 heterocycles. The number of nitrogens with one attached hydrogen (secondary N) is 1. The molecule has 4 heteroatoms. The highest BCUT2D eigenvalue weighted by Gasteiger charge is 2.34. The van der Waals surface area contributed by atoms with Crippen molar-refractivity contribution in [1.82, 2.24) is 5.32 Å². The standard InChI is InChI=1S/C13H26N2O2/c1-3-13(4-2)10-11(7-9-17-13)15-12(16)6-5-8-14/h11H,3-10,14H2,1-2H3,(H,15,16). The number of amides is 1. The molecule has 1 saturated heterocycles. The predicted molar refractivity (Wildman–Crippen MR) is 68.7 cm³/mol. The van der Waals surface area contributed by atoms with Crippen LogP contribution in [0, 0.1) is 0 Å². The zero-order chi connectivity index (χ0) is 12.7. The lowest BCUT2D eigenvalue weighted by molar-refractivity contribution is -0.126. The summed E-state index contributed by atoms with van der Waals surface area (Å²) in [4.78, 5) is 11.7. The minimum atomic E-state index is -0.0237. The van der Waals surface area contributed by atoms with E-state index in [1.54, 1.807) is 0 Å². The summed E-state index contributed by atoms with van der Waals surface area (Å²) in [6, 6.07) is 0.272. The minimum absolute atomic E-state index is 0.0237. The first-order chi connectivity index (χ1) is 8.15. The van der Waals surface area contributed by atoms with Crippen LogP contribution in [-0.4, -0.2) is 30.7 Å². The first-order valence-corrected chi connectivity index (χ1v) is 6.79. The van der Waals surface area contributed by atoms with Gasteiger partial charge in [-0.1, -0.05) is 13.8 Å². The van der Waals surface area contributed by atoms with Gasteiger partial charge in [-0.2, -0.15) is 0 Å². The van der Waals surface area contributed by atoms with Crippen LogP contribution in [0.25, 0.3) is 0 Å². The van der Waals surface area contributed by atoms with Crippen molar-refractivity contribution in [2.45, 2.75) is 64.0 Å². The SMILES string of the molecule is CCC1(CC)CC(NC(=O)CCCN)CCO1. The lowest BCUT2D eigenvalue weighted by atomic mass is 9.86. The van der Waals surface area contributed by atoms with Gasteiger partial charge >= 0.3 is 0 Å². The largest absolute Gasteiger partial charge is 0.375 e. The molecule has 0 spiro atoms. The number of ether oxygens (including phenoxy) is 1. The van der Waals surface area contributed by atoms with Crippen LogP contribution >= 0.6 is 0 Å². The molecular weight excluding hydrogens is 216 g/mol. The van der Waals surface area contributed by atoms with E-state index in [-0.39, 0.29) is 17.6 Å². The van der Waals surface area contributed by atoms with Crippen LogP contribution in [-0.2, 0) is 9.53 Å². The summed E-state index contributed by atoms with van der Waals surface area (Å²) < 4.78 is 5.89. The van der Waals surface area contributed by atoms with Crippen molar-refractivity contribution in [3.63, 3.8) is 0 Å². The topological polar surface area (TPSA) is 64.4 Å². The zero-order valence-electron chi connectivity index (χ0n) is 11.1. The van der Waals surface area contributed by atoms with Gasteiger partial charge in [-0.05, 0) is 38.6 Å². The molecule has 0 aromatic rings. The van der Waals surface area contributed by atoms with Crippen LogP contribution < -0.4 is 11.1 Å². The molecule has 0 saturated carbocycles. The molecule has 1 rings (SSSR count). The van der Waals surface area contributed by atoms with E-state index < -0.39 is 0 Å². The van der Waals surface area contributed by atoms with E-state index in [0.29, 0.717) is 13.0 Å². The fourth-order valence-corrected chi connectivity index (χ4v) is 2.46. The van der Waals surface area contributed by atoms with Gasteiger partial charge in [0.05, 0.1) is 5.60 Å². The Labute approximate surface area is 104 Å². The van der Waals surface area contributed by atoms with Gasteiger partial charge in [-0.15, -0.1) is 0 Å². The zero-order valence-corrected chi connectivity index (χ0v) is 11.1. The summed E-state index contributed by atoms with van der Waals surface area (Å²) in [6.45, 7) is 5.64. The molecule has 0 aromatic carbocycles. The lowest BCUT2D eigenvalue weighted by Gasteiger charge is -2.40. The van der Waals surface area contributed by atoms with Crippen LogP contribution in [0.5, 0.6) is 0 Å². The molecule has 4 nitrogen and oxygen atoms in total. The van der Waals surface area contributed by atoms with E-state index in [9.17, 15) is 4.79 Å². The highest BCUT2D eigenvalue weighted by atomic mass is 16.5. The van der Waals surface area contributed by atoms with E-state index in [2.05, 4.69) is 19.2 Å². The van der Waals surface area contributed by atoms with Crippen molar-refractivity contribution in [1.29, 1.82) is 0 Å². The molecule has 100 valence electrons. The molecular formula is C13H26N2O2. The molecule has 1 atom stereocenters. The van der Waals surface area contributed by atoms with Crippen molar-refractivity contribution in [3.8, 4) is 0 Å². The third kappa shape index (κ3) is 4.28. The Bertz CT molecular complexity index is 240. The first kappa shape index (κ1) is 14.5. The number of hydrogen-bond acceptors (Lipinski definition) is 3. The molecule has 0 aliphatic carbocycles. The van der Waals surface area contributed by atoms with Gasteiger partial charge in [-0.25, -0.2) is 0 Å². The summed E-state index contributed by atoms with van der Waals surface area (Å²) in [7, 11) is 0. The normalized spacial score (nSPS) is 23.4. The summed E-state index contributed by atoms with van der Waals surface area (Å²) in [5, 5.41) is 3.10. The highest BCUT2D eigenvalue weighted by Crippen LogP contribution is 2.31. The van der Waals surface area contributed by atoms with Gasteiger partial charge in [0.1, 0.15) is 0 Å². The fourth-order valence-electron chi connectivity index (χ4n) is 2.46. The summed E-state index contributed by atoms with van der Waals surface area (Å²) >= 11 is 0. The number of carbonyl (C=O) groups excluding carboxylic acids is 1. The van der Waals surface area contributed by atoms with Crippen molar-refractivity contribution in [2.24, 2.45) is 5.73 Å². The second-order valence-electron chi connectivity index (χ2n) is 4.89. The smallest absolute Gasteiger partial charge is 0.220 e. The number of rotatable bonds is 6. The van der Waals surface area contributed by atoms with Gasteiger partial charge in [0, 0.05) is 19.1 Å². The fraction of sp³-hybridized carbons (Fsp3) is 0.923. The van der Waals surface area contributed by atoms with Gasteiger partial charge in [-0.3, -0.25) is 4.79 Å². The Hall–Kier alpha value is -0.610. The lowest BCUT2D eigenvalue weighted by Crippen LogP contribution is -2.48. The maximum Gasteiger partial charge on any atom is 0.220 e. The highest BCUT2D eigenvalue weighted by molar-refractivity contribution is 5.76. The third-order valence-corrected chi connectivity index (χ3v) is 3.75. The summed E-state index contributed by atoms with van der Waals surface area (Å²) in [6.07, 6.45) is 5.20.